The SMILES string of the molecule is C[C@@]1(C(=O)NCCC[NH+]2CCOCC2)CC1(Br)Br. The van der Waals surface area contributed by atoms with Gasteiger partial charge in [0.25, 0.3) is 0 Å². The Bertz CT molecular complexity index is 319. The molecule has 1 aliphatic carbocycles. The highest BCUT2D eigenvalue weighted by Gasteiger charge is 2.66. The summed E-state index contributed by atoms with van der Waals surface area (Å²) >= 11 is 7.04. The minimum absolute atomic E-state index is 0.147. The molecular weight excluding hydrogens is 364 g/mol. The maximum atomic E-state index is 12.0. The van der Waals surface area contributed by atoms with Gasteiger partial charge < -0.3 is 15.0 Å². The van der Waals surface area contributed by atoms with Gasteiger partial charge in [-0.3, -0.25) is 4.79 Å². The van der Waals surface area contributed by atoms with Crippen LogP contribution >= 0.6 is 31.9 Å². The zero-order valence-corrected chi connectivity index (χ0v) is 13.9. The van der Waals surface area contributed by atoms with Gasteiger partial charge in [0, 0.05) is 13.0 Å². The molecule has 2 aliphatic rings. The predicted octanol–water partition coefficient (Wildman–Crippen LogP) is 0.304. The molecule has 0 spiro atoms. The molecule has 6 heteroatoms. The summed E-state index contributed by atoms with van der Waals surface area (Å²) in [4.78, 5) is 13.6. The first-order valence-electron chi connectivity index (χ1n) is 6.53. The third kappa shape index (κ3) is 3.26. The van der Waals surface area contributed by atoms with E-state index >= 15 is 0 Å². The van der Waals surface area contributed by atoms with Gasteiger partial charge in [0.15, 0.2) is 0 Å². The summed E-state index contributed by atoms with van der Waals surface area (Å²) < 4.78 is 5.13. The Morgan fingerprint density at radius 1 is 1.39 bits per heavy atom. The van der Waals surface area contributed by atoms with Crippen LogP contribution < -0.4 is 10.2 Å². The van der Waals surface area contributed by atoms with Crippen molar-refractivity contribution in [2.75, 3.05) is 39.4 Å². The molecule has 0 aromatic rings. The molecule has 2 rings (SSSR count). The van der Waals surface area contributed by atoms with Crippen molar-refractivity contribution in [3.8, 4) is 0 Å². The quantitative estimate of drug-likeness (QED) is 0.529. The van der Waals surface area contributed by atoms with Crippen LogP contribution in [0.25, 0.3) is 0 Å². The second kappa shape index (κ2) is 5.77. The molecule has 1 saturated carbocycles. The molecule has 4 nitrogen and oxygen atoms in total. The number of alkyl halides is 2. The standard InChI is InChI=1S/C12H20Br2N2O2/c1-11(9-12(11,13)14)10(17)15-3-2-4-16-5-7-18-8-6-16/h2-9H2,1H3,(H,15,17)/p+1/t11-/m0/s1. The lowest BCUT2D eigenvalue weighted by atomic mass is 10.1. The molecule has 0 unspecified atom stereocenters. The van der Waals surface area contributed by atoms with Crippen molar-refractivity contribution < 1.29 is 14.4 Å². The van der Waals surface area contributed by atoms with Crippen LogP contribution in [0.15, 0.2) is 0 Å². The van der Waals surface area contributed by atoms with Gasteiger partial charge in [-0.25, -0.2) is 0 Å². The van der Waals surface area contributed by atoms with Crippen LogP contribution in [-0.4, -0.2) is 48.5 Å². The Labute approximate surface area is 125 Å². The molecule has 18 heavy (non-hydrogen) atoms. The van der Waals surface area contributed by atoms with Crippen molar-refractivity contribution in [3.05, 3.63) is 0 Å². The molecule has 1 heterocycles. The van der Waals surface area contributed by atoms with Crippen LogP contribution in [0, 0.1) is 5.41 Å². The van der Waals surface area contributed by atoms with Gasteiger partial charge in [-0.1, -0.05) is 31.9 Å². The van der Waals surface area contributed by atoms with Gasteiger partial charge in [-0.05, 0) is 13.3 Å². The summed E-state index contributed by atoms with van der Waals surface area (Å²) in [6.07, 6.45) is 1.88. The number of carbonyl (C=O) groups is 1. The molecule has 104 valence electrons. The zero-order valence-electron chi connectivity index (χ0n) is 10.7. The lowest BCUT2D eigenvalue weighted by Crippen LogP contribution is -3.14. The van der Waals surface area contributed by atoms with Crippen molar-refractivity contribution in [1.82, 2.24) is 5.32 Å². The maximum absolute atomic E-state index is 12.0. The number of halogens is 2. The number of hydrogen-bond donors (Lipinski definition) is 2. The number of morpholine rings is 1. The summed E-state index contributed by atoms with van der Waals surface area (Å²) in [6.45, 7) is 7.81. The van der Waals surface area contributed by atoms with E-state index in [1.165, 1.54) is 0 Å². The fourth-order valence-corrected chi connectivity index (χ4v) is 3.77. The second-order valence-corrected chi connectivity index (χ2v) is 9.21. The Hall–Kier alpha value is 0.350. The van der Waals surface area contributed by atoms with Crippen LogP contribution in [0.5, 0.6) is 0 Å². The van der Waals surface area contributed by atoms with E-state index in [1.54, 1.807) is 4.90 Å². The van der Waals surface area contributed by atoms with E-state index in [-0.39, 0.29) is 14.6 Å². The average Bonchev–Trinajstić information content (AvgIpc) is 2.87. The normalized spacial score (nSPS) is 31.1. The van der Waals surface area contributed by atoms with Gasteiger partial charge in [-0.2, -0.15) is 0 Å². The van der Waals surface area contributed by atoms with Crippen LogP contribution in [0.1, 0.15) is 19.8 Å². The van der Waals surface area contributed by atoms with E-state index in [2.05, 4.69) is 37.2 Å². The Balaban J connectivity index is 1.60. The number of carbonyl (C=O) groups excluding carboxylic acids is 1. The summed E-state index contributed by atoms with van der Waals surface area (Å²) in [7, 11) is 0. The van der Waals surface area contributed by atoms with Crippen molar-refractivity contribution in [1.29, 1.82) is 0 Å². The third-order valence-electron chi connectivity index (χ3n) is 3.95. The number of quaternary nitrogens is 1. The molecule has 0 bridgehead atoms. The van der Waals surface area contributed by atoms with Crippen molar-refractivity contribution in [3.63, 3.8) is 0 Å². The van der Waals surface area contributed by atoms with Gasteiger partial charge in [0.2, 0.25) is 5.91 Å². The minimum atomic E-state index is -0.293. The van der Waals surface area contributed by atoms with Gasteiger partial charge >= 0.3 is 0 Å². The monoisotopic (exact) mass is 383 g/mol. The van der Waals surface area contributed by atoms with Gasteiger partial charge in [-0.15, -0.1) is 0 Å². The van der Waals surface area contributed by atoms with Crippen molar-refractivity contribution in [2.45, 2.75) is 23.0 Å². The number of rotatable bonds is 5. The molecule has 2 N–H and O–H groups in total. The van der Waals surface area contributed by atoms with E-state index in [4.69, 9.17) is 4.74 Å². The Morgan fingerprint density at radius 3 is 2.56 bits per heavy atom. The molecule has 0 radical (unpaired) electrons. The average molecular weight is 385 g/mol. The minimum Gasteiger partial charge on any atom is -0.370 e. The second-order valence-electron chi connectivity index (χ2n) is 5.44. The van der Waals surface area contributed by atoms with Crippen LogP contribution in [0.4, 0.5) is 0 Å². The summed E-state index contributed by atoms with van der Waals surface area (Å²) in [5.41, 5.74) is -0.293. The fourth-order valence-electron chi connectivity index (χ4n) is 2.29. The zero-order chi connectivity index (χ0) is 13.2. The smallest absolute Gasteiger partial charge is 0.228 e. The first kappa shape index (κ1) is 14.8. The van der Waals surface area contributed by atoms with E-state index in [9.17, 15) is 4.79 Å². The van der Waals surface area contributed by atoms with Crippen LogP contribution in [0.3, 0.4) is 0 Å². The molecule has 1 amide bonds. The number of nitrogens with one attached hydrogen (secondary N) is 2. The first-order valence-corrected chi connectivity index (χ1v) is 8.12. The van der Waals surface area contributed by atoms with Crippen LogP contribution in [0.2, 0.25) is 0 Å². The molecule has 1 atom stereocenters. The molecule has 0 aromatic carbocycles. The van der Waals surface area contributed by atoms with E-state index < -0.39 is 0 Å². The first-order chi connectivity index (χ1) is 8.46. The number of amides is 1. The highest BCUT2D eigenvalue weighted by molar-refractivity contribution is 9.25. The molecule has 1 aliphatic heterocycles. The molecule has 2 fully saturated rings. The maximum Gasteiger partial charge on any atom is 0.228 e. The van der Waals surface area contributed by atoms with E-state index in [0.29, 0.717) is 0 Å². The summed E-state index contributed by atoms with van der Waals surface area (Å²) in [5.74, 6) is 0.147. The van der Waals surface area contributed by atoms with Crippen LogP contribution in [-0.2, 0) is 9.53 Å². The number of hydrogen-bond acceptors (Lipinski definition) is 2. The summed E-state index contributed by atoms with van der Waals surface area (Å²) in [6, 6.07) is 0. The van der Waals surface area contributed by atoms with E-state index in [1.807, 2.05) is 6.92 Å². The molecule has 1 saturated heterocycles. The van der Waals surface area contributed by atoms with Crippen molar-refractivity contribution >= 4 is 37.8 Å². The highest BCUT2D eigenvalue weighted by atomic mass is 79.9. The topological polar surface area (TPSA) is 42.8 Å². The molecular formula is C12H21Br2N2O2+. The Kier molecular flexibility index (Phi) is 4.73. The van der Waals surface area contributed by atoms with E-state index in [0.717, 1.165) is 52.2 Å². The van der Waals surface area contributed by atoms with Gasteiger partial charge in [0.1, 0.15) is 13.1 Å². The lowest BCUT2D eigenvalue weighted by molar-refractivity contribution is -0.908. The largest absolute Gasteiger partial charge is 0.370 e. The fraction of sp³-hybridized carbons (Fsp3) is 0.917. The predicted molar refractivity (Wildman–Crippen MR) is 77.3 cm³/mol. The van der Waals surface area contributed by atoms with Crippen molar-refractivity contribution in [2.24, 2.45) is 5.41 Å². The summed E-state index contributed by atoms with van der Waals surface area (Å²) in [5, 5.41) is 3.04. The lowest BCUT2D eigenvalue weighted by Gasteiger charge is -2.23. The number of ether oxygens (including phenoxy) is 1. The highest BCUT2D eigenvalue weighted by Crippen LogP contribution is 2.66. The molecule has 0 aromatic heterocycles. The van der Waals surface area contributed by atoms with Gasteiger partial charge in [0.05, 0.1) is 28.4 Å². The Morgan fingerprint density at radius 2 is 2.00 bits per heavy atom. The third-order valence-corrected chi connectivity index (χ3v) is 6.26.